The first-order valence-corrected chi connectivity index (χ1v) is 6.96. The number of amidine groups is 1. The van der Waals surface area contributed by atoms with Crippen LogP contribution in [0, 0.1) is 10.1 Å². The number of phenolic OH excluding ortho intramolecular Hbond substituents is 1. The maximum absolute atomic E-state index is 10.9. The Morgan fingerprint density at radius 2 is 2.30 bits per heavy atom. The Bertz CT molecular complexity index is 646. The number of hydrogen-bond donors (Lipinski definition) is 2. The Kier molecular flexibility index (Phi) is 4.35. The van der Waals surface area contributed by atoms with Crippen LogP contribution in [0.5, 0.6) is 5.75 Å². The number of rotatable bonds is 3. The molecule has 0 aromatic heterocycles. The van der Waals surface area contributed by atoms with E-state index in [-0.39, 0.29) is 10.4 Å². The zero-order valence-electron chi connectivity index (χ0n) is 9.74. The number of nitrogens with zero attached hydrogens (tertiary/aromatic N) is 3. The van der Waals surface area contributed by atoms with Crippen LogP contribution in [0.1, 0.15) is 5.56 Å². The highest BCUT2D eigenvalue weighted by atomic mass is 79.9. The van der Waals surface area contributed by atoms with E-state index in [4.69, 9.17) is 0 Å². The third-order valence-corrected chi connectivity index (χ3v) is 3.67. The molecule has 0 bridgehead atoms. The molecule has 1 aromatic rings. The summed E-state index contributed by atoms with van der Waals surface area (Å²) in [5.41, 5.74) is -0.0444. The van der Waals surface area contributed by atoms with Gasteiger partial charge < -0.3 is 10.4 Å². The van der Waals surface area contributed by atoms with E-state index in [1.165, 1.54) is 30.1 Å². The SMILES string of the molecule is O=C1CSC(=NN=Cc2cc(Br)c(O)c([N+](=O)[O-])c2)N1. The highest BCUT2D eigenvalue weighted by molar-refractivity contribution is 9.10. The number of amides is 1. The van der Waals surface area contributed by atoms with Crippen LogP contribution in [-0.2, 0) is 4.79 Å². The summed E-state index contributed by atoms with van der Waals surface area (Å²) in [5, 5.41) is 30.6. The van der Waals surface area contributed by atoms with Gasteiger partial charge in [0.25, 0.3) is 0 Å². The van der Waals surface area contributed by atoms with Crippen molar-refractivity contribution in [2.75, 3.05) is 5.75 Å². The van der Waals surface area contributed by atoms with Crippen molar-refractivity contribution in [2.24, 2.45) is 10.2 Å². The first-order chi connectivity index (χ1) is 9.47. The van der Waals surface area contributed by atoms with Gasteiger partial charge in [-0.1, -0.05) is 11.8 Å². The molecular weight excluding hydrogens is 352 g/mol. The Hall–Kier alpha value is -1.94. The molecule has 2 N–H and O–H groups in total. The minimum absolute atomic E-state index is 0.146. The van der Waals surface area contributed by atoms with E-state index in [2.05, 4.69) is 31.4 Å². The van der Waals surface area contributed by atoms with Crippen LogP contribution in [0.3, 0.4) is 0 Å². The lowest BCUT2D eigenvalue weighted by Gasteiger charge is -2.00. The number of hydrogen-bond acceptors (Lipinski definition) is 7. The van der Waals surface area contributed by atoms with Gasteiger partial charge in [0, 0.05) is 11.6 Å². The quantitative estimate of drug-likeness (QED) is 0.483. The summed E-state index contributed by atoms with van der Waals surface area (Å²) in [7, 11) is 0. The van der Waals surface area contributed by atoms with Crippen molar-refractivity contribution in [2.45, 2.75) is 0 Å². The molecule has 1 fully saturated rings. The molecule has 20 heavy (non-hydrogen) atoms. The third kappa shape index (κ3) is 3.33. The Balaban J connectivity index is 2.21. The summed E-state index contributed by atoms with van der Waals surface area (Å²) >= 11 is 4.24. The van der Waals surface area contributed by atoms with Gasteiger partial charge in [-0.15, -0.1) is 5.10 Å². The lowest BCUT2D eigenvalue weighted by molar-refractivity contribution is -0.386. The molecule has 10 heteroatoms. The number of nitro benzene ring substituents is 1. The van der Waals surface area contributed by atoms with E-state index in [9.17, 15) is 20.0 Å². The molecule has 1 aliphatic heterocycles. The maximum Gasteiger partial charge on any atom is 0.312 e. The van der Waals surface area contributed by atoms with Gasteiger partial charge in [0.2, 0.25) is 11.7 Å². The molecule has 1 aliphatic rings. The van der Waals surface area contributed by atoms with E-state index in [1.807, 2.05) is 0 Å². The predicted octanol–water partition coefficient (Wildman–Crippen LogP) is 1.62. The summed E-state index contributed by atoms with van der Waals surface area (Å²) in [6, 6.07) is 2.64. The fourth-order valence-electron chi connectivity index (χ4n) is 1.35. The zero-order valence-corrected chi connectivity index (χ0v) is 12.1. The van der Waals surface area contributed by atoms with Gasteiger partial charge in [-0.2, -0.15) is 5.10 Å². The highest BCUT2D eigenvalue weighted by Crippen LogP contribution is 2.34. The van der Waals surface area contributed by atoms with Crippen LogP contribution >= 0.6 is 27.7 Å². The lowest BCUT2D eigenvalue weighted by Crippen LogP contribution is -2.19. The van der Waals surface area contributed by atoms with Crippen molar-refractivity contribution in [3.05, 3.63) is 32.3 Å². The predicted molar refractivity (Wildman–Crippen MR) is 78.1 cm³/mol. The third-order valence-electron chi connectivity index (χ3n) is 2.20. The van der Waals surface area contributed by atoms with E-state index < -0.39 is 16.4 Å². The molecule has 1 saturated heterocycles. The standard InChI is InChI=1S/C10H7BrN4O4S/c11-6-1-5(2-7(9(6)17)15(18)19)3-12-14-10-13-8(16)4-20-10/h1-3,17H,4H2,(H,13,14,16). The fraction of sp³-hybridized carbons (Fsp3) is 0.100. The summed E-state index contributed by atoms with van der Waals surface area (Å²) in [6.07, 6.45) is 1.29. The van der Waals surface area contributed by atoms with E-state index >= 15 is 0 Å². The normalized spacial score (nSPS) is 16.9. The topological polar surface area (TPSA) is 117 Å². The minimum Gasteiger partial charge on any atom is -0.501 e. The largest absolute Gasteiger partial charge is 0.501 e. The Morgan fingerprint density at radius 1 is 1.55 bits per heavy atom. The van der Waals surface area contributed by atoms with Crippen LogP contribution < -0.4 is 5.32 Å². The molecule has 0 aliphatic carbocycles. The van der Waals surface area contributed by atoms with Gasteiger partial charge in [-0.05, 0) is 22.0 Å². The molecule has 0 spiro atoms. The number of carbonyl (C=O) groups is 1. The lowest BCUT2D eigenvalue weighted by atomic mass is 10.2. The van der Waals surface area contributed by atoms with Crippen LogP contribution in [0.2, 0.25) is 0 Å². The average molecular weight is 359 g/mol. The second-order valence-electron chi connectivity index (χ2n) is 3.61. The summed E-state index contributed by atoms with van der Waals surface area (Å²) in [4.78, 5) is 21.0. The van der Waals surface area contributed by atoms with Crippen molar-refractivity contribution in [3.63, 3.8) is 0 Å². The number of aromatic hydroxyl groups is 1. The average Bonchev–Trinajstić information content (AvgIpc) is 2.79. The monoisotopic (exact) mass is 358 g/mol. The Labute approximate surface area is 125 Å². The molecule has 0 saturated carbocycles. The van der Waals surface area contributed by atoms with Gasteiger partial charge in [-0.3, -0.25) is 14.9 Å². The van der Waals surface area contributed by atoms with Crippen molar-refractivity contribution >= 4 is 50.7 Å². The van der Waals surface area contributed by atoms with Crippen LogP contribution in [0.15, 0.2) is 26.8 Å². The summed E-state index contributed by atoms with van der Waals surface area (Å²) < 4.78 is 0.185. The van der Waals surface area contributed by atoms with Gasteiger partial charge in [-0.25, -0.2) is 0 Å². The van der Waals surface area contributed by atoms with E-state index in [0.29, 0.717) is 16.5 Å². The van der Waals surface area contributed by atoms with Crippen molar-refractivity contribution in [3.8, 4) is 5.75 Å². The molecule has 0 radical (unpaired) electrons. The van der Waals surface area contributed by atoms with Crippen LogP contribution in [-0.4, -0.2) is 33.1 Å². The molecule has 1 aromatic carbocycles. The van der Waals surface area contributed by atoms with Crippen molar-refractivity contribution in [1.82, 2.24) is 5.32 Å². The first-order valence-electron chi connectivity index (χ1n) is 5.18. The molecule has 104 valence electrons. The first kappa shape index (κ1) is 14.5. The number of benzene rings is 1. The number of nitrogens with one attached hydrogen (secondary N) is 1. The second kappa shape index (κ2) is 6.01. The molecule has 1 heterocycles. The minimum atomic E-state index is -0.698. The van der Waals surface area contributed by atoms with Gasteiger partial charge in [0.1, 0.15) is 0 Å². The number of nitro groups is 1. The van der Waals surface area contributed by atoms with E-state index in [0.717, 1.165) is 0 Å². The number of thioether (sulfide) groups is 1. The molecule has 0 atom stereocenters. The molecule has 0 unspecified atom stereocenters. The van der Waals surface area contributed by atoms with E-state index in [1.54, 1.807) is 0 Å². The van der Waals surface area contributed by atoms with Crippen LogP contribution in [0.25, 0.3) is 0 Å². The second-order valence-corrected chi connectivity index (χ2v) is 5.43. The fourth-order valence-corrected chi connectivity index (χ4v) is 2.44. The van der Waals surface area contributed by atoms with Gasteiger partial charge in [0.05, 0.1) is 21.4 Å². The highest BCUT2D eigenvalue weighted by Gasteiger charge is 2.18. The molecular formula is C10H7BrN4O4S. The smallest absolute Gasteiger partial charge is 0.312 e. The van der Waals surface area contributed by atoms with Crippen molar-refractivity contribution < 1.29 is 14.8 Å². The van der Waals surface area contributed by atoms with Gasteiger partial charge >= 0.3 is 5.69 Å². The molecule has 8 nitrogen and oxygen atoms in total. The number of carbonyl (C=O) groups excluding carboxylic acids is 1. The number of halogens is 1. The molecule has 2 rings (SSSR count). The Morgan fingerprint density at radius 3 is 2.90 bits per heavy atom. The number of phenols is 1. The van der Waals surface area contributed by atoms with Gasteiger partial charge in [0.15, 0.2) is 5.17 Å². The summed E-state index contributed by atoms with van der Waals surface area (Å²) in [6.45, 7) is 0. The molecule has 1 amide bonds. The van der Waals surface area contributed by atoms with Crippen LogP contribution in [0.4, 0.5) is 5.69 Å². The van der Waals surface area contributed by atoms with Crippen molar-refractivity contribution in [1.29, 1.82) is 0 Å². The summed E-state index contributed by atoms with van der Waals surface area (Å²) in [5.74, 6) is -0.297. The maximum atomic E-state index is 10.9. The zero-order chi connectivity index (χ0) is 14.7.